The van der Waals surface area contributed by atoms with E-state index in [4.69, 9.17) is 0 Å². The van der Waals surface area contributed by atoms with E-state index in [1.807, 2.05) is 0 Å². The molecule has 0 heterocycles. The van der Waals surface area contributed by atoms with Crippen molar-refractivity contribution in [3.8, 4) is 0 Å². The van der Waals surface area contributed by atoms with Crippen molar-refractivity contribution in [1.82, 2.24) is 0 Å². The van der Waals surface area contributed by atoms with E-state index in [0.29, 0.717) is 6.61 Å². The van der Waals surface area contributed by atoms with Gasteiger partial charge in [0.1, 0.15) is 12.2 Å². The summed E-state index contributed by atoms with van der Waals surface area (Å²) in [6.45, 7) is 3.29. The zero-order valence-corrected chi connectivity index (χ0v) is 6.05. The summed E-state index contributed by atoms with van der Waals surface area (Å²) in [5.41, 5.74) is 0. The normalized spacial score (nSPS) is 9.00. The van der Waals surface area contributed by atoms with Crippen LogP contribution in [0.4, 0.5) is 0 Å². The molecule has 0 saturated carbocycles. The van der Waals surface area contributed by atoms with Crippen molar-refractivity contribution < 1.29 is 19.4 Å². The van der Waals surface area contributed by atoms with E-state index in [1.165, 1.54) is 6.92 Å². The minimum atomic E-state index is -0.644. The maximum absolute atomic E-state index is 10.4. The topological polar surface area (TPSA) is 52.6 Å². The van der Waals surface area contributed by atoms with Crippen LogP contribution in [0.25, 0.3) is 0 Å². The lowest BCUT2D eigenvalue weighted by atomic mass is 10.3. The van der Waals surface area contributed by atoms with Gasteiger partial charge in [0.05, 0.1) is 6.61 Å². The molecule has 4 nitrogen and oxygen atoms in total. The molecule has 0 aliphatic heterocycles. The fraction of sp³-hybridized carbons (Fsp3) is 0.667. The third-order valence-corrected chi connectivity index (χ3v) is 0.663. The van der Waals surface area contributed by atoms with Crippen LogP contribution in [0.2, 0.25) is 0 Å². The molecule has 0 aliphatic rings. The largest absolute Gasteiger partial charge is 0.349 e. The summed E-state index contributed by atoms with van der Waals surface area (Å²) in [5.74, 6) is -0.876. The SMILES string of the molecule is CCOOC(=O)CC(C)=O. The van der Waals surface area contributed by atoms with Crippen molar-refractivity contribution in [2.45, 2.75) is 20.3 Å². The number of rotatable bonds is 4. The molecule has 0 unspecified atom stereocenters. The zero-order chi connectivity index (χ0) is 7.98. The highest BCUT2D eigenvalue weighted by Crippen LogP contribution is 1.88. The summed E-state index contributed by atoms with van der Waals surface area (Å²) in [4.78, 5) is 29.1. The molecule has 0 spiro atoms. The number of Topliss-reactive ketones (excluding diaryl/α,β-unsaturated/α-hetero) is 1. The van der Waals surface area contributed by atoms with Gasteiger partial charge in [-0.3, -0.25) is 9.68 Å². The van der Waals surface area contributed by atoms with Crippen LogP contribution in [0, 0.1) is 0 Å². The summed E-state index contributed by atoms with van der Waals surface area (Å²) >= 11 is 0. The second-order valence-corrected chi connectivity index (χ2v) is 1.74. The first kappa shape index (κ1) is 9.10. The summed E-state index contributed by atoms with van der Waals surface area (Å²) in [5, 5.41) is 0. The lowest BCUT2D eigenvalue weighted by Crippen LogP contribution is -2.09. The van der Waals surface area contributed by atoms with Gasteiger partial charge in [0.15, 0.2) is 0 Å². The number of ketones is 1. The highest BCUT2D eigenvalue weighted by atomic mass is 17.2. The number of hydrogen-bond donors (Lipinski definition) is 0. The smallest absolute Gasteiger partial charge is 0.299 e. The van der Waals surface area contributed by atoms with Gasteiger partial charge >= 0.3 is 5.97 Å². The Labute approximate surface area is 59.0 Å². The monoisotopic (exact) mass is 146 g/mol. The minimum Gasteiger partial charge on any atom is -0.299 e. The number of hydrogen-bond acceptors (Lipinski definition) is 4. The van der Waals surface area contributed by atoms with Crippen molar-refractivity contribution in [1.29, 1.82) is 0 Å². The van der Waals surface area contributed by atoms with Crippen LogP contribution >= 0.6 is 0 Å². The molecule has 0 fully saturated rings. The fourth-order valence-electron chi connectivity index (χ4n) is 0.357. The molecule has 0 atom stereocenters. The number of carbonyl (C=O) groups is 2. The second-order valence-electron chi connectivity index (χ2n) is 1.74. The molecule has 0 saturated heterocycles. The Bertz CT molecular complexity index is 130. The predicted octanol–water partition coefficient (Wildman–Crippen LogP) is 0.460. The van der Waals surface area contributed by atoms with Crippen LogP contribution in [-0.4, -0.2) is 18.4 Å². The van der Waals surface area contributed by atoms with Gasteiger partial charge in [0.25, 0.3) is 0 Å². The Morgan fingerprint density at radius 3 is 2.40 bits per heavy atom. The van der Waals surface area contributed by atoms with Crippen LogP contribution in [0.15, 0.2) is 0 Å². The lowest BCUT2D eigenvalue weighted by molar-refractivity contribution is -0.269. The molecule has 0 aliphatic carbocycles. The standard InChI is InChI=1S/C6H10O4/c1-3-9-10-6(8)4-5(2)7/h3-4H2,1-2H3. The van der Waals surface area contributed by atoms with Crippen molar-refractivity contribution in [3.63, 3.8) is 0 Å². The molecule has 0 N–H and O–H groups in total. The van der Waals surface area contributed by atoms with Crippen LogP contribution in [-0.2, 0) is 19.4 Å². The molecule has 0 aromatic carbocycles. The van der Waals surface area contributed by atoms with Gasteiger partial charge in [-0.25, -0.2) is 4.79 Å². The molecule has 10 heavy (non-hydrogen) atoms. The van der Waals surface area contributed by atoms with E-state index in [0.717, 1.165) is 0 Å². The molecule has 0 aromatic heterocycles. The second kappa shape index (κ2) is 4.93. The van der Waals surface area contributed by atoms with E-state index < -0.39 is 5.97 Å². The quantitative estimate of drug-likeness (QED) is 0.328. The molecule has 0 rings (SSSR count). The Balaban J connectivity index is 3.35. The first-order valence-corrected chi connectivity index (χ1v) is 2.98. The van der Waals surface area contributed by atoms with Crippen molar-refractivity contribution in [2.24, 2.45) is 0 Å². The Morgan fingerprint density at radius 2 is 2.00 bits per heavy atom. The Hall–Kier alpha value is -0.900. The first-order valence-electron chi connectivity index (χ1n) is 2.98. The van der Waals surface area contributed by atoms with Gasteiger partial charge in [0.2, 0.25) is 0 Å². The van der Waals surface area contributed by atoms with Gasteiger partial charge in [0, 0.05) is 0 Å². The molecule has 0 amide bonds. The Morgan fingerprint density at radius 1 is 1.40 bits per heavy atom. The highest BCUT2D eigenvalue weighted by Gasteiger charge is 2.05. The first-order chi connectivity index (χ1) is 4.66. The molecule has 4 heteroatoms. The van der Waals surface area contributed by atoms with E-state index >= 15 is 0 Å². The van der Waals surface area contributed by atoms with Crippen LogP contribution in [0.5, 0.6) is 0 Å². The predicted molar refractivity (Wildman–Crippen MR) is 33.0 cm³/mol. The van der Waals surface area contributed by atoms with Gasteiger partial charge in [-0.2, -0.15) is 4.89 Å². The summed E-state index contributed by atoms with van der Waals surface area (Å²) in [6.07, 6.45) is -0.222. The van der Waals surface area contributed by atoms with Crippen molar-refractivity contribution in [3.05, 3.63) is 0 Å². The lowest BCUT2D eigenvalue weighted by Gasteiger charge is -1.97. The van der Waals surface area contributed by atoms with E-state index in [2.05, 4.69) is 9.78 Å². The summed E-state index contributed by atoms with van der Waals surface area (Å²) in [6, 6.07) is 0. The van der Waals surface area contributed by atoms with Crippen LogP contribution < -0.4 is 0 Å². The maximum atomic E-state index is 10.4. The molecular formula is C6H10O4. The average molecular weight is 146 g/mol. The molecule has 0 aromatic rings. The van der Waals surface area contributed by atoms with Gasteiger partial charge in [-0.05, 0) is 13.8 Å². The summed E-state index contributed by atoms with van der Waals surface area (Å²) < 4.78 is 0. The molecular weight excluding hydrogens is 136 g/mol. The molecule has 0 bridgehead atoms. The highest BCUT2D eigenvalue weighted by molar-refractivity contribution is 5.93. The van der Waals surface area contributed by atoms with Crippen molar-refractivity contribution in [2.75, 3.05) is 6.61 Å². The third-order valence-electron chi connectivity index (χ3n) is 0.663. The van der Waals surface area contributed by atoms with Gasteiger partial charge < -0.3 is 0 Å². The van der Waals surface area contributed by atoms with E-state index in [-0.39, 0.29) is 12.2 Å². The van der Waals surface area contributed by atoms with Crippen LogP contribution in [0.1, 0.15) is 20.3 Å². The maximum Gasteiger partial charge on any atom is 0.349 e. The zero-order valence-electron chi connectivity index (χ0n) is 6.05. The average Bonchev–Trinajstić information content (AvgIpc) is 1.82. The summed E-state index contributed by atoms with van der Waals surface area (Å²) in [7, 11) is 0. The fourth-order valence-corrected chi connectivity index (χ4v) is 0.357. The van der Waals surface area contributed by atoms with Crippen molar-refractivity contribution >= 4 is 11.8 Å². The van der Waals surface area contributed by atoms with Gasteiger partial charge in [-0.1, -0.05) is 0 Å². The van der Waals surface area contributed by atoms with E-state index in [9.17, 15) is 9.59 Å². The van der Waals surface area contributed by atoms with E-state index in [1.54, 1.807) is 6.92 Å². The Kier molecular flexibility index (Phi) is 4.49. The minimum absolute atomic E-state index is 0.222. The van der Waals surface area contributed by atoms with Gasteiger partial charge in [-0.15, -0.1) is 0 Å². The molecule has 0 radical (unpaired) electrons. The molecule has 58 valence electrons. The van der Waals surface area contributed by atoms with Crippen LogP contribution in [0.3, 0.4) is 0 Å². The third kappa shape index (κ3) is 5.24. The number of carbonyl (C=O) groups excluding carboxylic acids is 2.